The Balaban J connectivity index is 2.65. The summed E-state index contributed by atoms with van der Waals surface area (Å²) in [6.45, 7) is 5.17. The number of aromatic nitrogens is 2. The van der Waals surface area contributed by atoms with E-state index in [9.17, 15) is 4.39 Å². The zero-order valence-corrected chi connectivity index (χ0v) is 14.5. The van der Waals surface area contributed by atoms with Gasteiger partial charge in [-0.05, 0) is 54.2 Å². The minimum atomic E-state index is -0.271. The molecular weight excluding hydrogens is 341 g/mol. The van der Waals surface area contributed by atoms with E-state index in [1.165, 1.54) is 6.07 Å². The molecule has 1 atom stereocenters. The minimum Gasteiger partial charge on any atom is -0.331 e. The maximum Gasteiger partial charge on any atom is 0.178 e. The van der Waals surface area contributed by atoms with E-state index in [-0.39, 0.29) is 11.9 Å². The number of aromatic amines is 1. The van der Waals surface area contributed by atoms with Crippen LogP contribution in [0.1, 0.15) is 19.9 Å². The molecule has 1 aromatic carbocycles. The molecule has 3 nitrogen and oxygen atoms in total. The van der Waals surface area contributed by atoms with Gasteiger partial charge in [-0.3, -0.25) is 0 Å². The molecule has 0 aliphatic heterocycles. The zero-order chi connectivity index (χ0) is 15.0. The Kier molecular flexibility index (Phi) is 4.66. The molecule has 0 amide bonds. The summed E-state index contributed by atoms with van der Waals surface area (Å²) >= 11 is 8.65. The van der Waals surface area contributed by atoms with Gasteiger partial charge >= 0.3 is 0 Å². The summed E-state index contributed by atoms with van der Waals surface area (Å²) in [5.41, 5.74) is 1.67. The van der Waals surface area contributed by atoms with Crippen LogP contribution < -0.4 is 0 Å². The Morgan fingerprint density at radius 1 is 1.40 bits per heavy atom. The van der Waals surface area contributed by atoms with Crippen molar-refractivity contribution < 1.29 is 4.39 Å². The number of nitrogens with zero attached hydrogens (tertiary/aromatic N) is 2. The molecule has 2 rings (SSSR count). The number of rotatable bonds is 4. The van der Waals surface area contributed by atoms with Crippen molar-refractivity contribution in [3.63, 3.8) is 0 Å². The molecule has 0 bridgehead atoms. The van der Waals surface area contributed by atoms with E-state index in [0.29, 0.717) is 15.2 Å². The van der Waals surface area contributed by atoms with E-state index in [0.717, 1.165) is 17.6 Å². The maximum absolute atomic E-state index is 13.8. The molecule has 0 saturated heterocycles. The first-order valence-corrected chi connectivity index (χ1v) is 7.75. The summed E-state index contributed by atoms with van der Waals surface area (Å²) in [6.07, 6.45) is 0. The lowest BCUT2D eigenvalue weighted by Crippen LogP contribution is -2.28. The van der Waals surface area contributed by atoms with Crippen LogP contribution in [0.3, 0.4) is 0 Å². The fourth-order valence-electron chi connectivity index (χ4n) is 2.41. The second-order valence-electron chi connectivity index (χ2n) is 5.66. The number of benzene rings is 1. The molecule has 6 heteroatoms. The predicted octanol–water partition coefficient (Wildman–Crippen LogP) is 4.36. The van der Waals surface area contributed by atoms with Crippen molar-refractivity contribution in [2.75, 3.05) is 20.6 Å². The monoisotopic (exact) mass is 359 g/mol. The van der Waals surface area contributed by atoms with E-state index in [4.69, 9.17) is 12.2 Å². The SMILES string of the molecule is CC(C)C(CN(C)C)n1c(=S)[nH]c2cc(Br)c(F)cc21. The number of H-pyrrole nitrogens is 1. The van der Waals surface area contributed by atoms with Crippen LogP contribution in [0.4, 0.5) is 4.39 Å². The number of imidazole rings is 1. The zero-order valence-electron chi connectivity index (χ0n) is 12.1. The Hall–Kier alpha value is -0.720. The molecule has 1 aromatic heterocycles. The van der Waals surface area contributed by atoms with Crippen LogP contribution in [-0.4, -0.2) is 35.1 Å². The average Bonchev–Trinajstić information content (AvgIpc) is 2.62. The molecule has 0 radical (unpaired) electrons. The van der Waals surface area contributed by atoms with Crippen molar-refractivity contribution in [2.24, 2.45) is 5.92 Å². The number of hydrogen-bond donors (Lipinski definition) is 1. The molecule has 2 aromatic rings. The van der Waals surface area contributed by atoms with E-state index in [2.05, 4.69) is 39.7 Å². The molecule has 1 unspecified atom stereocenters. The molecule has 1 N–H and O–H groups in total. The van der Waals surface area contributed by atoms with Crippen LogP contribution in [0.25, 0.3) is 11.0 Å². The van der Waals surface area contributed by atoms with E-state index in [1.54, 1.807) is 6.07 Å². The van der Waals surface area contributed by atoms with Gasteiger partial charge in [0.2, 0.25) is 0 Å². The number of fused-ring (bicyclic) bond motifs is 1. The van der Waals surface area contributed by atoms with Gasteiger partial charge in [-0.2, -0.15) is 0 Å². The van der Waals surface area contributed by atoms with Crippen molar-refractivity contribution >= 4 is 39.2 Å². The Labute approximate surface area is 131 Å². The molecule has 0 aliphatic rings. The summed E-state index contributed by atoms with van der Waals surface area (Å²) in [5.74, 6) is 0.127. The van der Waals surface area contributed by atoms with Crippen molar-refractivity contribution in [3.05, 3.63) is 27.2 Å². The van der Waals surface area contributed by atoms with Crippen LogP contribution >= 0.6 is 28.1 Å². The third-order valence-electron chi connectivity index (χ3n) is 3.41. The molecule has 1 heterocycles. The van der Waals surface area contributed by atoms with E-state index >= 15 is 0 Å². The highest BCUT2D eigenvalue weighted by molar-refractivity contribution is 9.10. The predicted molar refractivity (Wildman–Crippen MR) is 87.2 cm³/mol. The van der Waals surface area contributed by atoms with Gasteiger partial charge in [0.15, 0.2) is 4.77 Å². The van der Waals surface area contributed by atoms with Gasteiger partial charge in [0.25, 0.3) is 0 Å². The van der Waals surface area contributed by atoms with E-state index < -0.39 is 0 Å². The molecule has 0 aliphatic carbocycles. The Bertz CT molecular complexity index is 675. The van der Waals surface area contributed by atoms with E-state index in [1.807, 2.05) is 18.7 Å². The lowest BCUT2D eigenvalue weighted by Gasteiger charge is -2.26. The largest absolute Gasteiger partial charge is 0.331 e. The molecular formula is C14H19BrFN3S. The quantitative estimate of drug-likeness (QED) is 0.820. The summed E-state index contributed by atoms with van der Waals surface area (Å²) in [4.78, 5) is 5.29. The van der Waals surface area contributed by atoms with Crippen LogP contribution in [0.15, 0.2) is 16.6 Å². The first kappa shape index (κ1) is 15.7. The van der Waals surface area contributed by atoms with Gasteiger partial charge in [0.05, 0.1) is 21.5 Å². The van der Waals surface area contributed by atoms with Crippen LogP contribution in [-0.2, 0) is 0 Å². The first-order chi connectivity index (χ1) is 9.31. The van der Waals surface area contributed by atoms with Gasteiger partial charge in [-0.15, -0.1) is 0 Å². The van der Waals surface area contributed by atoms with Gasteiger partial charge < -0.3 is 14.5 Å². The Morgan fingerprint density at radius 2 is 2.05 bits per heavy atom. The molecule has 0 saturated carbocycles. The van der Waals surface area contributed by atoms with Crippen molar-refractivity contribution in [1.29, 1.82) is 0 Å². The topological polar surface area (TPSA) is 24.0 Å². The summed E-state index contributed by atoms with van der Waals surface area (Å²) < 4.78 is 17.0. The lowest BCUT2D eigenvalue weighted by atomic mass is 10.0. The highest BCUT2D eigenvalue weighted by Crippen LogP contribution is 2.28. The number of halogens is 2. The lowest BCUT2D eigenvalue weighted by molar-refractivity contribution is 0.272. The highest BCUT2D eigenvalue weighted by atomic mass is 79.9. The highest BCUT2D eigenvalue weighted by Gasteiger charge is 2.20. The van der Waals surface area contributed by atoms with Crippen molar-refractivity contribution in [1.82, 2.24) is 14.5 Å². The molecule has 110 valence electrons. The minimum absolute atomic E-state index is 0.201. The maximum atomic E-state index is 13.8. The van der Waals surface area contributed by atoms with Gasteiger partial charge in [0, 0.05) is 12.6 Å². The van der Waals surface area contributed by atoms with Crippen molar-refractivity contribution in [3.8, 4) is 0 Å². The third kappa shape index (κ3) is 2.97. The second-order valence-corrected chi connectivity index (χ2v) is 6.90. The Morgan fingerprint density at radius 3 is 2.60 bits per heavy atom. The second kappa shape index (κ2) is 5.95. The van der Waals surface area contributed by atoms with Gasteiger partial charge in [0.1, 0.15) is 5.82 Å². The number of likely N-dealkylation sites (N-methyl/N-ethyl adjacent to an activating group) is 1. The standard InChI is InChI=1S/C14H19BrFN3S/c1-8(2)13(7-18(3)4)19-12-6-10(16)9(15)5-11(12)17-14(19)20/h5-6,8,13H,7H2,1-4H3,(H,17,20). The average molecular weight is 360 g/mol. The van der Waals surface area contributed by atoms with Crippen molar-refractivity contribution in [2.45, 2.75) is 19.9 Å². The summed E-state index contributed by atoms with van der Waals surface area (Å²) in [5, 5.41) is 0. The van der Waals surface area contributed by atoms with Crippen LogP contribution in [0.2, 0.25) is 0 Å². The molecule has 0 fully saturated rings. The number of nitrogens with one attached hydrogen (secondary N) is 1. The molecule has 0 spiro atoms. The van der Waals surface area contributed by atoms with Gasteiger partial charge in [-0.25, -0.2) is 4.39 Å². The van der Waals surface area contributed by atoms with Crippen LogP contribution in [0.5, 0.6) is 0 Å². The summed E-state index contributed by atoms with van der Waals surface area (Å²) in [6, 6.07) is 3.48. The fourth-order valence-corrected chi connectivity index (χ4v) is 3.10. The first-order valence-electron chi connectivity index (χ1n) is 6.55. The third-order valence-corrected chi connectivity index (χ3v) is 4.32. The van der Waals surface area contributed by atoms with Crippen LogP contribution in [0, 0.1) is 16.5 Å². The normalized spacial score (nSPS) is 13.6. The fraction of sp³-hybridized carbons (Fsp3) is 0.500. The summed E-state index contributed by atoms with van der Waals surface area (Å²) in [7, 11) is 4.07. The number of hydrogen-bond acceptors (Lipinski definition) is 2. The smallest absolute Gasteiger partial charge is 0.178 e. The van der Waals surface area contributed by atoms with Gasteiger partial charge in [-0.1, -0.05) is 13.8 Å². The molecule has 20 heavy (non-hydrogen) atoms.